The average molecular weight is 375 g/mol. The summed E-state index contributed by atoms with van der Waals surface area (Å²) in [5.74, 6) is -3.07. The molecular weight excluding hydrogens is 358 g/mol. The molecule has 0 aliphatic rings. The minimum absolute atomic E-state index is 0. The number of hydrogen-bond donors (Lipinski definition) is 3. The lowest BCUT2D eigenvalue weighted by atomic mass is 10.2. The summed E-state index contributed by atoms with van der Waals surface area (Å²) in [5.41, 5.74) is 5.31. The Labute approximate surface area is 148 Å². The molecule has 0 radical (unpaired) electrons. The summed E-state index contributed by atoms with van der Waals surface area (Å²) in [5, 5.41) is 20.4. The zero-order valence-corrected chi connectivity index (χ0v) is 14.6. The van der Waals surface area contributed by atoms with Gasteiger partial charge < -0.3 is 15.9 Å². The Bertz CT molecular complexity index is 610. The summed E-state index contributed by atoms with van der Waals surface area (Å²) < 4.78 is 0. The second kappa shape index (κ2) is 10.9. The van der Waals surface area contributed by atoms with Gasteiger partial charge in [0.05, 0.1) is 6.42 Å². The number of rotatable bonds is 6. The molecule has 2 heterocycles. The lowest BCUT2D eigenvalue weighted by Crippen LogP contribution is -2.31. The van der Waals surface area contributed by atoms with E-state index in [9.17, 15) is 14.4 Å². The number of nitrogens with two attached hydrogens (primary N) is 1. The van der Waals surface area contributed by atoms with Gasteiger partial charge in [0.15, 0.2) is 0 Å². The van der Waals surface area contributed by atoms with Crippen LogP contribution in [-0.4, -0.2) is 34.0 Å². The van der Waals surface area contributed by atoms with Crippen LogP contribution in [0, 0.1) is 0 Å². The zero-order chi connectivity index (χ0) is 16.5. The molecule has 0 fully saturated rings. The zero-order valence-electron chi connectivity index (χ0n) is 12.0. The van der Waals surface area contributed by atoms with Crippen LogP contribution >= 0.6 is 36.2 Å². The lowest BCUT2D eigenvalue weighted by Gasteiger charge is -2.02. The Hall–Kier alpha value is -1.68. The summed E-state index contributed by atoms with van der Waals surface area (Å²) in [7, 11) is 0. The maximum atomic E-state index is 10.6. The summed E-state index contributed by atoms with van der Waals surface area (Å²) in [6.45, 7) is 0. The molecule has 9 heteroatoms. The quantitative estimate of drug-likeness (QED) is 0.662. The number of carbonyl (C=O) groups excluding carboxylic acids is 1. The van der Waals surface area contributed by atoms with Crippen LogP contribution < -0.4 is 5.73 Å². The van der Waals surface area contributed by atoms with Crippen molar-refractivity contribution in [1.82, 2.24) is 0 Å². The molecule has 0 aliphatic heterocycles. The van der Waals surface area contributed by atoms with E-state index < -0.39 is 23.8 Å². The second-order valence-corrected chi connectivity index (χ2v) is 6.28. The Morgan fingerprint density at radius 1 is 1.04 bits per heavy atom. The van der Waals surface area contributed by atoms with Crippen molar-refractivity contribution in [3.8, 4) is 0 Å². The highest BCUT2D eigenvalue weighted by Gasteiger charge is 2.12. The van der Waals surface area contributed by atoms with Gasteiger partial charge >= 0.3 is 11.9 Å². The Kier molecular flexibility index (Phi) is 10.1. The predicted molar refractivity (Wildman–Crippen MR) is 94.7 cm³/mol. The third-order valence-corrected chi connectivity index (χ3v) is 4.25. The maximum absolute atomic E-state index is 10.6. The fourth-order valence-electron chi connectivity index (χ4n) is 1.38. The number of carbonyl (C=O) groups is 3. The van der Waals surface area contributed by atoms with Gasteiger partial charge in [-0.3, -0.25) is 9.59 Å². The van der Waals surface area contributed by atoms with Crippen molar-refractivity contribution in [3.05, 3.63) is 44.8 Å². The van der Waals surface area contributed by atoms with E-state index in [1.807, 2.05) is 22.9 Å². The number of Topliss-reactive ketones (excluding diaryl/α,β-unsaturated/α-hetero) is 1. The second-order valence-electron chi connectivity index (χ2n) is 4.21. The third-order valence-electron chi connectivity index (χ3n) is 2.47. The van der Waals surface area contributed by atoms with E-state index in [1.54, 1.807) is 12.1 Å². The topological polar surface area (TPSA) is 118 Å². The Morgan fingerprint density at radius 3 is 1.96 bits per heavy atom. The predicted octanol–water partition coefficient (Wildman–Crippen LogP) is 1.76. The van der Waals surface area contributed by atoms with Crippen LogP contribution in [0.4, 0.5) is 0 Å². The smallest absolute Gasteiger partial charge is 0.372 e. The van der Waals surface area contributed by atoms with E-state index in [1.165, 1.54) is 22.7 Å². The molecule has 0 spiro atoms. The molecule has 126 valence electrons. The van der Waals surface area contributed by atoms with Crippen LogP contribution in [0.15, 0.2) is 35.0 Å². The molecule has 2 aromatic rings. The van der Waals surface area contributed by atoms with E-state index in [4.69, 9.17) is 15.9 Å². The van der Waals surface area contributed by atoms with E-state index in [0.29, 0.717) is 6.42 Å². The van der Waals surface area contributed by atoms with Crippen LogP contribution in [0.5, 0.6) is 0 Å². The number of aliphatic carboxylic acids is 2. The Balaban J connectivity index is 0.000000403. The summed E-state index contributed by atoms with van der Waals surface area (Å²) in [6, 6.07) is 6.52. The van der Waals surface area contributed by atoms with Gasteiger partial charge in [-0.15, -0.1) is 22.7 Å². The fourth-order valence-corrected chi connectivity index (χ4v) is 2.85. The highest BCUT2D eigenvalue weighted by atomic mass is 32.1. The number of hydrogen-bond acceptors (Lipinski definition) is 6. The highest BCUT2D eigenvalue weighted by Crippen LogP contribution is 2.10. The normalized spacial score (nSPS) is 10.7. The number of carboxylic acid groups (broad SMARTS) is 2. The molecule has 0 bridgehead atoms. The molecule has 2 rings (SSSR count). The van der Waals surface area contributed by atoms with E-state index in [2.05, 4.69) is 0 Å². The van der Waals surface area contributed by atoms with Crippen molar-refractivity contribution >= 4 is 53.9 Å². The van der Waals surface area contributed by atoms with Crippen molar-refractivity contribution in [2.75, 3.05) is 0 Å². The van der Waals surface area contributed by atoms with E-state index >= 15 is 0 Å². The maximum Gasteiger partial charge on any atom is 0.372 e. The highest BCUT2D eigenvalue weighted by molar-refractivity contribution is 7.59. The molecule has 0 saturated heterocycles. The van der Waals surface area contributed by atoms with Gasteiger partial charge in [-0.25, -0.2) is 4.79 Å². The summed E-state index contributed by atoms with van der Waals surface area (Å²) in [6.07, 6.45) is 0.431. The first-order chi connectivity index (χ1) is 10.4. The Morgan fingerprint density at radius 2 is 1.57 bits per heavy atom. The van der Waals surface area contributed by atoms with Crippen molar-refractivity contribution in [2.24, 2.45) is 5.73 Å². The minimum Gasteiger partial charge on any atom is -0.480 e. The van der Waals surface area contributed by atoms with Crippen molar-refractivity contribution in [1.29, 1.82) is 0 Å². The van der Waals surface area contributed by atoms with Gasteiger partial charge in [-0.05, 0) is 22.9 Å². The average Bonchev–Trinajstić information content (AvgIpc) is 3.12. The molecule has 4 N–H and O–H groups in total. The van der Waals surface area contributed by atoms with Crippen LogP contribution in [0.1, 0.15) is 9.75 Å². The fraction of sp³-hybridized carbons (Fsp3) is 0.214. The molecule has 6 nitrogen and oxygen atoms in total. The van der Waals surface area contributed by atoms with Gasteiger partial charge in [-0.2, -0.15) is 13.5 Å². The molecular formula is C14H17NO5S3. The molecule has 0 unspecified atom stereocenters. The first-order valence-electron chi connectivity index (χ1n) is 6.19. The molecule has 2 aromatic heterocycles. The molecule has 23 heavy (non-hydrogen) atoms. The van der Waals surface area contributed by atoms with Crippen molar-refractivity contribution in [3.63, 3.8) is 0 Å². The summed E-state index contributed by atoms with van der Waals surface area (Å²) in [4.78, 5) is 32.8. The van der Waals surface area contributed by atoms with Gasteiger partial charge in [0.25, 0.3) is 0 Å². The minimum atomic E-state index is -1.36. The van der Waals surface area contributed by atoms with E-state index in [0.717, 1.165) is 9.75 Å². The van der Waals surface area contributed by atoms with Gasteiger partial charge in [0.1, 0.15) is 6.04 Å². The molecule has 0 aromatic carbocycles. The van der Waals surface area contributed by atoms with Crippen molar-refractivity contribution in [2.45, 2.75) is 18.9 Å². The molecule has 1 atom stereocenters. The van der Waals surface area contributed by atoms with Crippen LogP contribution in [0.2, 0.25) is 0 Å². The number of ketones is 1. The SMILES string of the molecule is N[C@@H](Cc1cccs1)C(=O)O.O=C(O)C(=O)Cc1cccs1.S. The van der Waals surface area contributed by atoms with Crippen molar-refractivity contribution < 1.29 is 24.6 Å². The first kappa shape index (κ1) is 21.3. The van der Waals surface area contributed by atoms with E-state index in [-0.39, 0.29) is 19.9 Å². The van der Waals surface area contributed by atoms with Crippen LogP contribution in [-0.2, 0) is 27.2 Å². The van der Waals surface area contributed by atoms with Crippen LogP contribution in [0.3, 0.4) is 0 Å². The monoisotopic (exact) mass is 375 g/mol. The third kappa shape index (κ3) is 8.50. The number of thiophene rings is 2. The lowest BCUT2D eigenvalue weighted by molar-refractivity contribution is -0.148. The van der Waals surface area contributed by atoms with Crippen LogP contribution in [0.25, 0.3) is 0 Å². The standard InChI is InChI=1S/C7H9NO2S.C7H6O3S.H2S/c2*8-6(7(9)10)4-5-2-1-3-11-5;/h1-3,6H,4,8H2,(H,9,10);1-3H,4H2,(H,9,10);1H2/t6-;;/m0../s1. The number of carboxylic acids is 2. The van der Waals surface area contributed by atoms with Gasteiger partial charge in [0, 0.05) is 16.2 Å². The first-order valence-corrected chi connectivity index (χ1v) is 7.95. The largest absolute Gasteiger partial charge is 0.480 e. The molecule has 0 saturated carbocycles. The van der Waals surface area contributed by atoms with Gasteiger partial charge in [0.2, 0.25) is 5.78 Å². The summed E-state index contributed by atoms with van der Waals surface area (Å²) >= 11 is 2.91. The molecule has 0 aliphatic carbocycles. The van der Waals surface area contributed by atoms with Gasteiger partial charge in [-0.1, -0.05) is 12.1 Å². The molecule has 0 amide bonds.